The maximum Gasteiger partial charge on any atom is 0.263 e. The number of nitrogens with zero attached hydrogens (tertiary/aromatic N) is 1. The molecule has 3 rings (SSSR count). The number of nitrogens with one attached hydrogen (secondary N) is 1. The predicted molar refractivity (Wildman–Crippen MR) is 78.4 cm³/mol. The molecule has 0 unspecified atom stereocenters. The van der Waals surface area contributed by atoms with E-state index in [9.17, 15) is 0 Å². The molecule has 0 atom stereocenters. The number of aromatic nitrogens is 1. The van der Waals surface area contributed by atoms with E-state index >= 15 is 0 Å². The van der Waals surface area contributed by atoms with E-state index in [1.807, 2.05) is 18.2 Å². The van der Waals surface area contributed by atoms with Crippen LogP contribution in [0.1, 0.15) is 24.6 Å². The zero-order valence-electron chi connectivity index (χ0n) is 11.8. The van der Waals surface area contributed by atoms with Crippen LogP contribution in [-0.2, 0) is 6.54 Å². The third-order valence-corrected chi connectivity index (χ3v) is 3.17. The number of furan rings is 1. The number of benzene rings is 1. The summed E-state index contributed by atoms with van der Waals surface area (Å²) in [6.07, 6.45) is 2.78. The second-order valence-corrected chi connectivity index (χ2v) is 4.97. The summed E-state index contributed by atoms with van der Waals surface area (Å²) in [4.78, 5) is 4.45. The molecule has 1 N–H and O–H groups in total. The van der Waals surface area contributed by atoms with Gasteiger partial charge in [0.15, 0.2) is 5.76 Å². The van der Waals surface area contributed by atoms with E-state index in [1.165, 1.54) is 5.56 Å². The highest BCUT2D eigenvalue weighted by atomic mass is 16.4. The first-order chi connectivity index (χ1) is 9.76. The first-order valence-electron chi connectivity index (χ1n) is 6.92. The molecule has 3 aromatic rings. The van der Waals surface area contributed by atoms with Gasteiger partial charge in [0.05, 0.1) is 5.69 Å². The lowest BCUT2D eigenvalue weighted by Gasteiger charge is -1.96. The van der Waals surface area contributed by atoms with Crippen molar-refractivity contribution in [3.8, 4) is 11.7 Å². The van der Waals surface area contributed by atoms with Crippen LogP contribution in [0.15, 0.2) is 39.4 Å². The Kier molecular flexibility index (Phi) is 3.56. The average Bonchev–Trinajstić information content (AvgIpc) is 3.04. The quantitative estimate of drug-likeness (QED) is 0.714. The van der Waals surface area contributed by atoms with Crippen molar-refractivity contribution >= 4 is 11.0 Å². The monoisotopic (exact) mass is 270 g/mol. The number of hydrogen-bond acceptors (Lipinski definition) is 4. The zero-order valence-corrected chi connectivity index (χ0v) is 11.8. The summed E-state index contributed by atoms with van der Waals surface area (Å²) in [5, 5.41) is 4.37. The van der Waals surface area contributed by atoms with Crippen molar-refractivity contribution in [2.24, 2.45) is 0 Å². The van der Waals surface area contributed by atoms with Gasteiger partial charge < -0.3 is 14.2 Å². The molecule has 0 aliphatic carbocycles. The van der Waals surface area contributed by atoms with Gasteiger partial charge in [0.2, 0.25) is 0 Å². The molecule has 0 spiro atoms. The topological polar surface area (TPSA) is 51.2 Å². The first kappa shape index (κ1) is 12.9. The summed E-state index contributed by atoms with van der Waals surface area (Å²) >= 11 is 0. The van der Waals surface area contributed by atoms with Gasteiger partial charge >= 0.3 is 0 Å². The predicted octanol–water partition coefficient (Wildman–Crippen LogP) is 3.90. The van der Waals surface area contributed by atoms with Gasteiger partial charge in [0, 0.05) is 11.9 Å². The fraction of sp³-hybridized carbons (Fsp3) is 0.312. The zero-order chi connectivity index (χ0) is 13.9. The second kappa shape index (κ2) is 5.51. The lowest BCUT2D eigenvalue weighted by atomic mass is 10.2. The summed E-state index contributed by atoms with van der Waals surface area (Å²) in [5.74, 6) is 1.21. The third kappa shape index (κ3) is 2.60. The Bertz CT molecular complexity index is 712. The summed E-state index contributed by atoms with van der Waals surface area (Å²) < 4.78 is 11.3. The minimum Gasteiger partial charge on any atom is -0.451 e. The second-order valence-electron chi connectivity index (χ2n) is 4.97. The molecule has 1 aromatic carbocycles. The maximum atomic E-state index is 5.77. The summed E-state index contributed by atoms with van der Waals surface area (Å²) in [6, 6.07) is 8.07. The lowest BCUT2D eigenvalue weighted by Crippen LogP contribution is -2.13. The first-order valence-corrected chi connectivity index (χ1v) is 6.92. The normalized spacial score (nSPS) is 11.3. The molecular formula is C16H18N2O2. The van der Waals surface area contributed by atoms with E-state index in [0.717, 1.165) is 36.2 Å². The highest BCUT2D eigenvalue weighted by Crippen LogP contribution is 2.27. The lowest BCUT2D eigenvalue weighted by molar-refractivity contribution is 0.532. The van der Waals surface area contributed by atoms with Crippen molar-refractivity contribution in [1.82, 2.24) is 10.3 Å². The number of aryl methyl sites for hydroxylation is 1. The molecule has 20 heavy (non-hydrogen) atoms. The Balaban J connectivity index is 1.83. The van der Waals surface area contributed by atoms with Crippen molar-refractivity contribution < 1.29 is 8.83 Å². The van der Waals surface area contributed by atoms with Crippen molar-refractivity contribution in [3.05, 3.63) is 41.8 Å². The van der Waals surface area contributed by atoms with E-state index < -0.39 is 0 Å². The molecule has 0 aliphatic rings. The van der Waals surface area contributed by atoms with Crippen LogP contribution >= 0.6 is 0 Å². The number of oxazole rings is 1. The minimum atomic E-state index is 0.534. The molecule has 0 bridgehead atoms. The SMILES string of the molecule is CCCNCc1coc(-c2cc3cc(C)ccc3o2)n1. The van der Waals surface area contributed by atoms with Crippen molar-refractivity contribution in [1.29, 1.82) is 0 Å². The van der Waals surface area contributed by atoms with Crippen LogP contribution in [0, 0.1) is 6.92 Å². The van der Waals surface area contributed by atoms with Gasteiger partial charge in [-0.3, -0.25) is 0 Å². The van der Waals surface area contributed by atoms with E-state index in [-0.39, 0.29) is 0 Å². The molecule has 4 heteroatoms. The summed E-state index contributed by atoms with van der Waals surface area (Å²) in [6.45, 7) is 5.90. The Morgan fingerprint density at radius 1 is 1.25 bits per heavy atom. The van der Waals surface area contributed by atoms with E-state index in [2.05, 4.69) is 30.2 Å². The van der Waals surface area contributed by atoms with Gasteiger partial charge in [0.1, 0.15) is 11.8 Å². The van der Waals surface area contributed by atoms with Gasteiger partial charge in [-0.15, -0.1) is 0 Å². The number of hydrogen-bond donors (Lipinski definition) is 1. The standard InChI is InChI=1S/C16H18N2O2/c1-3-6-17-9-13-10-19-16(18-13)15-8-12-7-11(2)4-5-14(12)20-15/h4-5,7-8,10,17H,3,6,9H2,1-2H3. The fourth-order valence-corrected chi connectivity index (χ4v) is 2.16. The smallest absolute Gasteiger partial charge is 0.263 e. The van der Waals surface area contributed by atoms with Crippen LogP contribution in [0.4, 0.5) is 0 Å². The van der Waals surface area contributed by atoms with Gasteiger partial charge in [-0.2, -0.15) is 0 Å². The van der Waals surface area contributed by atoms with Crippen LogP contribution in [0.5, 0.6) is 0 Å². The molecule has 0 radical (unpaired) electrons. The van der Waals surface area contributed by atoms with Gasteiger partial charge in [-0.05, 0) is 38.1 Å². The third-order valence-electron chi connectivity index (χ3n) is 3.17. The molecule has 104 valence electrons. The molecular weight excluding hydrogens is 252 g/mol. The average molecular weight is 270 g/mol. The Morgan fingerprint density at radius 2 is 2.15 bits per heavy atom. The van der Waals surface area contributed by atoms with Crippen LogP contribution in [-0.4, -0.2) is 11.5 Å². The number of rotatable bonds is 5. The molecule has 0 aliphatic heterocycles. The molecule has 0 saturated carbocycles. The molecule has 0 fully saturated rings. The summed E-state index contributed by atoms with van der Waals surface area (Å²) in [5.41, 5.74) is 2.96. The van der Waals surface area contributed by atoms with Crippen LogP contribution in [0.25, 0.3) is 22.6 Å². The maximum absolute atomic E-state index is 5.77. The molecule has 0 amide bonds. The van der Waals surface area contributed by atoms with Crippen LogP contribution < -0.4 is 5.32 Å². The minimum absolute atomic E-state index is 0.534. The molecule has 2 aromatic heterocycles. The van der Waals surface area contributed by atoms with Crippen molar-refractivity contribution in [2.45, 2.75) is 26.8 Å². The Labute approximate surface area is 117 Å². The summed E-state index contributed by atoms with van der Waals surface area (Å²) in [7, 11) is 0. The van der Waals surface area contributed by atoms with Crippen LogP contribution in [0.2, 0.25) is 0 Å². The highest BCUT2D eigenvalue weighted by Gasteiger charge is 2.12. The Morgan fingerprint density at radius 3 is 3.00 bits per heavy atom. The Hall–Kier alpha value is -2.07. The highest BCUT2D eigenvalue weighted by molar-refractivity contribution is 5.82. The molecule has 4 nitrogen and oxygen atoms in total. The number of fused-ring (bicyclic) bond motifs is 1. The fourth-order valence-electron chi connectivity index (χ4n) is 2.16. The van der Waals surface area contributed by atoms with E-state index in [4.69, 9.17) is 8.83 Å². The molecule has 0 saturated heterocycles. The largest absolute Gasteiger partial charge is 0.451 e. The van der Waals surface area contributed by atoms with Crippen molar-refractivity contribution in [2.75, 3.05) is 6.54 Å². The van der Waals surface area contributed by atoms with Crippen LogP contribution in [0.3, 0.4) is 0 Å². The van der Waals surface area contributed by atoms with Crippen molar-refractivity contribution in [3.63, 3.8) is 0 Å². The van der Waals surface area contributed by atoms with Gasteiger partial charge in [-0.1, -0.05) is 18.6 Å². The molecule has 2 heterocycles. The van der Waals surface area contributed by atoms with E-state index in [1.54, 1.807) is 6.26 Å². The van der Waals surface area contributed by atoms with E-state index in [0.29, 0.717) is 11.7 Å². The van der Waals surface area contributed by atoms with Gasteiger partial charge in [0.25, 0.3) is 5.89 Å². The van der Waals surface area contributed by atoms with Gasteiger partial charge in [-0.25, -0.2) is 4.98 Å².